The molecule has 5 N–H and O–H groups in total. The van der Waals surface area contributed by atoms with Crippen LogP contribution in [0.2, 0.25) is 0 Å². The first-order valence-corrected chi connectivity index (χ1v) is 12.0. The molecule has 1 aromatic heterocycles. The lowest BCUT2D eigenvalue weighted by molar-refractivity contribution is 0.0949. The Labute approximate surface area is 206 Å². The number of nitrogens with one attached hydrogen (secondary N) is 3. The van der Waals surface area contributed by atoms with Gasteiger partial charge in [-0.25, -0.2) is 14.8 Å². The Morgan fingerprint density at radius 2 is 2.00 bits per heavy atom. The molecule has 1 fully saturated rings. The summed E-state index contributed by atoms with van der Waals surface area (Å²) in [6, 6.07) is 14.6. The number of rotatable bonds is 7. The second-order valence-corrected chi connectivity index (χ2v) is 9.26. The fourth-order valence-electron chi connectivity index (χ4n) is 3.93. The van der Waals surface area contributed by atoms with Crippen LogP contribution < -0.4 is 21.7 Å². The van der Waals surface area contributed by atoms with E-state index in [-0.39, 0.29) is 23.3 Å². The highest BCUT2D eigenvalue weighted by molar-refractivity contribution is 9.10. The SMILES string of the molecule is Nc1ncc(-c2cccc(CNC(=O)Nc3ccc(Br)cc3)c2)nc1C(=O)C[C@H]1CCCNC1. The summed E-state index contributed by atoms with van der Waals surface area (Å²) in [7, 11) is 0. The molecule has 0 saturated carbocycles. The van der Waals surface area contributed by atoms with Crippen molar-refractivity contribution in [2.45, 2.75) is 25.8 Å². The van der Waals surface area contributed by atoms with Gasteiger partial charge in [-0.15, -0.1) is 0 Å². The zero-order valence-corrected chi connectivity index (χ0v) is 20.3. The lowest BCUT2D eigenvalue weighted by atomic mass is 9.93. The molecule has 2 amide bonds. The number of piperidine rings is 1. The minimum Gasteiger partial charge on any atom is -0.382 e. The predicted octanol–water partition coefficient (Wildman–Crippen LogP) is 4.38. The molecule has 0 bridgehead atoms. The molecule has 1 aliphatic rings. The highest BCUT2D eigenvalue weighted by Gasteiger charge is 2.21. The summed E-state index contributed by atoms with van der Waals surface area (Å²) in [4.78, 5) is 33.9. The Bertz CT molecular complexity index is 1160. The van der Waals surface area contributed by atoms with E-state index in [2.05, 4.69) is 41.8 Å². The van der Waals surface area contributed by atoms with Crippen LogP contribution in [-0.2, 0) is 6.54 Å². The van der Waals surface area contributed by atoms with Gasteiger partial charge < -0.3 is 21.7 Å². The van der Waals surface area contributed by atoms with Crippen LogP contribution in [0.4, 0.5) is 16.3 Å². The Kier molecular flexibility index (Phi) is 7.87. The number of halogens is 1. The van der Waals surface area contributed by atoms with Gasteiger partial charge in [-0.3, -0.25) is 4.79 Å². The largest absolute Gasteiger partial charge is 0.382 e. The molecule has 0 aliphatic carbocycles. The van der Waals surface area contributed by atoms with Gasteiger partial charge >= 0.3 is 6.03 Å². The standard InChI is InChI=1S/C25H27BrN6O2/c26-19-6-8-20(9-7-19)31-25(34)30-14-16-3-1-5-18(11-16)21-15-29-24(27)23(32-21)22(33)12-17-4-2-10-28-13-17/h1,3,5-9,11,15,17,28H,2,4,10,12-14H2,(H2,27,29)(H2,30,31,34)/t17-/m1/s1. The second kappa shape index (κ2) is 11.2. The van der Waals surface area contributed by atoms with Crippen molar-refractivity contribution in [2.24, 2.45) is 5.92 Å². The number of benzene rings is 2. The molecular formula is C25H27BrN6O2. The molecule has 2 aromatic carbocycles. The molecular weight excluding hydrogens is 496 g/mol. The van der Waals surface area contributed by atoms with Gasteiger partial charge in [0.2, 0.25) is 0 Å². The van der Waals surface area contributed by atoms with Crippen molar-refractivity contribution in [2.75, 3.05) is 24.1 Å². The van der Waals surface area contributed by atoms with Crippen molar-refractivity contribution in [1.29, 1.82) is 0 Å². The zero-order chi connectivity index (χ0) is 23.9. The first-order valence-electron chi connectivity index (χ1n) is 11.2. The smallest absolute Gasteiger partial charge is 0.319 e. The third kappa shape index (κ3) is 6.39. The van der Waals surface area contributed by atoms with Crippen molar-refractivity contribution in [3.8, 4) is 11.3 Å². The number of aromatic nitrogens is 2. The van der Waals surface area contributed by atoms with E-state index in [1.54, 1.807) is 6.20 Å². The summed E-state index contributed by atoms with van der Waals surface area (Å²) in [5.74, 6) is 0.368. The summed E-state index contributed by atoms with van der Waals surface area (Å²) < 4.78 is 0.942. The number of Topliss-reactive ketones (excluding diaryl/α,β-unsaturated/α-hetero) is 1. The first-order chi connectivity index (χ1) is 16.5. The van der Waals surface area contributed by atoms with Gasteiger partial charge in [-0.2, -0.15) is 0 Å². The van der Waals surface area contributed by atoms with Crippen LogP contribution >= 0.6 is 15.9 Å². The number of nitrogens with zero attached hydrogens (tertiary/aromatic N) is 2. The number of carbonyl (C=O) groups excluding carboxylic acids is 2. The van der Waals surface area contributed by atoms with Crippen LogP contribution in [0.1, 0.15) is 35.3 Å². The number of nitrogens with two attached hydrogens (primary N) is 1. The predicted molar refractivity (Wildman–Crippen MR) is 136 cm³/mol. The molecule has 0 spiro atoms. The van der Waals surface area contributed by atoms with Crippen LogP contribution in [0.15, 0.2) is 59.2 Å². The minimum absolute atomic E-state index is 0.0806. The summed E-state index contributed by atoms with van der Waals surface area (Å²) in [5, 5.41) is 8.97. The van der Waals surface area contributed by atoms with E-state index in [0.29, 0.717) is 30.3 Å². The van der Waals surface area contributed by atoms with Crippen molar-refractivity contribution in [3.05, 3.63) is 70.5 Å². The maximum absolute atomic E-state index is 12.9. The Morgan fingerprint density at radius 1 is 1.18 bits per heavy atom. The molecule has 34 heavy (non-hydrogen) atoms. The van der Waals surface area contributed by atoms with Crippen molar-refractivity contribution >= 4 is 39.2 Å². The molecule has 0 radical (unpaired) electrons. The van der Waals surface area contributed by atoms with Crippen LogP contribution in [0.5, 0.6) is 0 Å². The average molecular weight is 523 g/mol. The number of urea groups is 1. The van der Waals surface area contributed by atoms with E-state index < -0.39 is 0 Å². The van der Waals surface area contributed by atoms with Gasteiger partial charge in [-0.1, -0.05) is 34.1 Å². The van der Waals surface area contributed by atoms with Gasteiger partial charge in [0.25, 0.3) is 0 Å². The van der Waals surface area contributed by atoms with Gasteiger partial charge in [0.15, 0.2) is 11.6 Å². The maximum Gasteiger partial charge on any atom is 0.319 e. The van der Waals surface area contributed by atoms with Gasteiger partial charge in [-0.05, 0) is 67.7 Å². The fraction of sp³-hybridized carbons (Fsp3) is 0.280. The molecule has 1 aliphatic heterocycles. The summed E-state index contributed by atoms with van der Waals surface area (Å²) >= 11 is 3.37. The highest BCUT2D eigenvalue weighted by Crippen LogP contribution is 2.23. The van der Waals surface area contributed by atoms with Crippen LogP contribution in [-0.4, -0.2) is 34.9 Å². The molecule has 176 valence electrons. The summed E-state index contributed by atoms with van der Waals surface area (Å²) in [6.07, 6.45) is 4.07. The van der Waals surface area contributed by atoms with Crippen molar-refractivity contribution in [3.63, 3.8) is 0 Å². The Morgan fingerprint density at radius 3 is 2.76 bits per heavy atom. The number of carbonyl (C=O) groups is 2. The molecule has 2 heterocycles. The first kappa shape index (κ1) is 23.8. The number of nitrogen functional groups attached to an aromatic ring is 1. The topological polar surface area (TPSA) is 122 Å². The quantitative estimate of drug-likeness (QED) is 0.341. The third-order valence-corrected chi connectivity index (χ3v) is 6.24. The van der Waals surface area contributed by atoms with Gasteiger partial charge in [0, 0.05) is 28.7 Å². The van der Waals surface area contributed by atoms with Crippen LogP contribution in [0.25, 0.3) is 11.3 Å². The molecule has 9 heteroatoms. The van der Waals surface area contributed by atoms with E-state index in [0.717, 1.165) is 41.5 Å². The van der Waals surface area contributed by atoms with Crippen molar-refractivity contribution in [1.82, 2.24) is 20.6 Å². The van der Waals surface area contributed by atoms with E-state index >= 15 is 0 Å². The fourth-order valence-corrected chi connectivity index (χ4v) is 4.20. The molecule has 0 unspecified atom stereocenters. The normalized spacial score (nSPS) is 15.5. The molecule has 3 aromatic rings. The molecule has 4 rings (SSSR count). The van der Waals surface area contributed by atoms with Gasteiger partial charge in [0.05, 0.1) is 11.9 Å². The highest BCUT2D eigenvalue weighted by atomic mass is 79.9. The van der Waals surface area contributed by atoms with E-state index in [4.69, 9.17) is 5.73 Å². The lowest BCUT2D eigenvalue weighted by Crippen LogP contribution is -2.31. The Balaban J connectivity index is 1.41. The molecule has 1 atom stereocenters. The minimum atomic E-state index is -0.301. The van der Waals surface area contributed by atoms with E-state index in [9.17, 15) is 9.59 Å². The van der Waals surface area contributed by atoms with E-state index in [1.165, 1.54) is 0 Å². The zero-order valence-electron chi connectivity index (χ0n) is 18.7. The number of ketones is 1. The average Bonchev–Trinajstić information content (AvgIpc) is 2.85. The maximum atomic E-state index is 12.9. The van der Waals surface area contributed by atoms with E-state index in [1.807, 2.05) is 48.5 Å². The lowest BCUT2D eigenvalue weighted by Gasteiger charge is -2.21. The second-order valence-electron chi connectivity index (χ2n) is 8.34. The third-order valence-electron chi connectivity index (χ3n) is 5.72. The summed E-state index contributed by atoms with van der Waals surface area (Å²) in [5.41, 5.74) is 9.17. The number of anilines is 2. The molecule has 8 nitrogen and oxygen atoms in total. The summed E-state index contributed by atoms with van der Waals surface area (Å²) in [6.45, 7) is 2.17. The monoisotopic (exact) mass is 522 g/mol. The van der Waals surface area contributed by atoms with Crippen LogP contribution in [0, 0.1) is 5.92 Å². The van der Waals surface area contributed by atoms with Gasteiger partial charge in [0.1, 0.15) is 5.69 Å². The number of hydrogen-bond acceptors (Lipinski definition) is 6. The Hall–Kier alpha value is -3.30. The van der Waals surface area contributed by atoms with Crippen LogP contribution in [0.3, 0.4) is 0 Å². The number of hydrogen-bond donors (Lipinski definition) is 4. The molecule has 1 saturated heterocycles. The van der Waals surface area contributed by atoms with Crippen molar-refractivity contribution < 1.29 is 9.59 Å². The number of amides is 2.